The summed E-state index contributed by atoms with van der Waals surface area (Å²) in [5.41, 5.74) is 6.83. The Balaban J connectivity index is 1.68. The van der Waals surface area contributed by atoms with Crippen LogP contribution in [0.1, 0.15) is 38.2 Å². The van der Waals surface area contributed by atoms with Gasteiger partial charge in [-0.05, 0) is 81.5 Å². The highest BCUT2D eigenvalue weighted by atomic mass is 31.1. The third-order valence-corrected chi connectivity index (χ3v) is 6.04. The molecule has 1 atom stereocenters. The van der Waals surface area contributed by atoms with E-state index in [1.165, 1.54) is 11.1 Å². The lowest BCUT2D eigenvalue weighted by Gasteiger charge is -2.14. The molecule has 1 unspecified atom stereocenters. The largest absolute Gasteiger partial charge is 0.489 e. The molecule has 0 aliphatic heterocycles. The zero-order valence-corrected chi connectivity index (χ0v) is 17.3. The molecule has 3 rings (SSSR count). The van der Waals surface area contributed by atoms with Crippen molar-refractivity contribution in [3.63, 3.8) is 0 Å². The van der Waals surface area contributed by atoms with Crippen molar-refractivity contribution in [2.75, 3.05) is 0 Å². The molecule has 0 fully saturated rings. The highest BCUT2D eigenvalue weighted by molar-refractivity contribution is 7.66. The van der Waals surface area contributed by atoms with Crippen molar-refractivity contribution in [3.05, 3.63) is 94.0 Å². The van der Waals surface area contributed by atoms with Gasteiger partial charge in [-0.3, -0.25) is 4.79 Å². The third-order valence-electron chi connectivity index (χ3n) is 4.94. The first-order chi connectivity index (χ1) is 13.0. The molecule has 0 bridgehead atoms. The Labute approximate surface area is 163 Å². The first-order valence-corrected chi connectivity index (χ1v) is 10.1. The summed E-state index contributed by atoms with van der Waals surface area (Å²) in [4.78, 5) is 12.9. The van der Waals surface area contributed by atoms with Crippen molar-refractivity contribution in [3.8, 4) is 5.75 Å². The summed E-state index contributed by atoms with van der Waals surface area (Å²) in [6, 6.07) is 20.1. The molecule has 0 N–H and O–H groups in total. The molecule has 0 spiro atoms. The summed E-state index contributed by atoms with van der Waals surface area (Å²) in [5.74, 6) is 0.818. The summed E-state index contributed by atoms with van der Waals surface area (Å²) >= 11 is 0. The van der Waals surface area contributed by atoms with Gasteiger partial charge in [0.1, 0.15) is 12.4 Å². The van der Waals surface area contributed by atoms with Crippen LogP contribution in [-0.2, 0) is 6.61 Å². The second-order valence-electron chi connectivity index (χ2n) is 6.89. The summed E-state index contributed by atoms with van der Waals surface area (Å²) in [6.45, 7) is 8.80. The van der Waals surface area contributed by atoms with Crippen molar-refractivity contribution < 1.29 is 9.53 Å². The molecule has 3 aromatic rings. The van der Waals surface area contributed by atoms with Gasteiger partial charge in [0.05, 0.1) is 0 Å². The minimum Gasteiger partial charge on any atom is -0.489 e. The molecule has 2 nitrogen and oxygen atoms in total. The van der Waals surface area contributed by atoms with Crippen LogP contribution >= 0.6 is 8.58 Å². The van der Waals surface area contributed by atoms with E-state index >= 15 is 0 Å². The number of hydrogen-bond acceptors (Lipinski definition) is 2. The van der Waals surface area contributed by atoms with Gasteiger partial charge in [-0.15, -0.1) is 0 Å². The molecule has 0 heterocycles. The highest BCUT2D eigenvalue weighted by Gasteiger charge is 2.16. The quantitative estimate of drug-likeness (QED) is 0.520. The zero-order valence-electron chi connectivity index (χ0n) is 16.3. The maximum absolute atomic E-state index is 12.9. The number of carbonyl (C=O) groups is 1. The van der Waals surface area contributed by atoms with Gasteiger partial charge in [-0.25, -0.2) is 0 Å². The first-order valence-electron chi connectivity index (χ1n) is 9.11. The normalized spacial score (nSPS) is 11.1. The SMILES string of the molecule is Cc1cc(C)c(C(=O)Pc2ccc(OCc3ccccc3)cc2)c(C)c1C. The molecule has 0 aliphatic rings. The Morgan fingerprint density at radius 3 is 2.19 bits per heavy atom. The van der Waals surface area contributed by atoms with E-state index in [0.717, 1.165) is 33.3 Å². The van der Waals surface area contributed by atoms with Crippen LogP contribution in [0.15, 0.2) is 60.7 Å². The molecule has 0 radical (unpaired) electrons. The van der Waals surface area contributed by atoms with E-state index in [9.17, 15) is 4.79 Å². The number of ether oxygens (including phenoxy) is 1. The van der Waals surface area contributed by atoms with E-state index in [1.54, 1.807) is 0 Å². The molecule has 3 heteroatoms. The van der Waals surface area contributed by atoms with Crippen molar-refractivity contribution in [2.45, 2.75) is 34.3 Å². The van der Waals surface area contributed by atoms with E-state index in [2.05, 4.69) is 19.9 Å². The maximum atomic E-state index is 12.9. The van der Waals surface area contributed by atoms with Gasteiger partial charge in [-0.1, -0.05) is 48.5 Å². The van der Waals surface area contributed by atoms with E-state index in [4.69, 9.17) is 4.74 Å². The van der Waals surface area contributed by atoms with Gasteiger partial charge in [0.15, 0.2) is 5.52 Å². The topological polar surface area (TPSA) is 26.3 Å². The van der Waals surface area contributed by atoms with E-state index < -0.39 is 0 Å². The van der Waals surface area contributed by atoms with Crippen LogP contribution in [0.2, 0.25) is 0 Å². The van der Waals surface area contributed by atoms with Crippen molar-refractivity contribution in [1.82, 2.24) is 0 Å². The van der Waals surface area contributed by atoms with Gasteiger partial charge in [-0.2, -0.15) is 0 Å². The fourth-order valence-electron chi connectivity index (χ4n) is 3.20. The smallest absolute Gasteiger partial charge is 0.186 e. The van der Waals surface area contributed by atoms with Gasteiger partial charge in [0.25, 0.3) is 0 Å². The molecule has 0 aliphatic carbocycles. The predicted molar refractivity (Wildman–Crippen MR) is 115 cm³/mol. The number of rotatable bonds is 6. The Kier molecular flexibility index (Phi) is 6.08. The highest BCUT2D eigenvalue weighted by Crippen LogP contribution is 2.28. The zero-order chi connectivity index (χ0) is 19.4. The minimum absolute atomic E-state index is 0.118. The van der Waals surface area contributed by atoms with Crippen molar-refractivity contribution in [1.29, 1.82) is 0 Å². The van der Waals surface area contributed by atoms with E-state index in [-0.39, 0.29) is 14.1 Å². The number of benzene rings is 3. The molecular formula is C24H25O2P. The number of hydrogen-bond donors (Lipinski definition) is 0. The summed E-state index contributed by atoms with van der Waals surface area (Å²) < 4.78 is 5.82. The van der Waals surface area contributed by atoms with E-state index in [0.29, 0.717) is 6.61 Å². The Morgan fingerprint density at radius 1 is 0.852 bits per heavy atom. The average molecular weight is 376 g/mol. The molecule has 27 heavy (non-hydrogen) atoms. The molecule has 0 saturated carbocycles. The first kappa shape index (κ1) is 19.3. The lowest BCUT2D eigenvalue weighted by molar-refractivity contribution is 0.108. The van der Waals surface area contributed by atoms with Gasteiger partial charge >= 0.3 is 0 Å². The van der Waals surface area contributed by atoms with Crippen molar-refractivity contribution >= 4 is 19.4 Å². The Bertz CT molecular complexity index is 944. The fourth-order valence-corrected chi connectivity index (χ4v) is 4.31. The monoisotopic (exact) mass is 376 g/mol. The minimum atomic E-state index is 0.118. The lowest BCUT2D eigenvalue weighted by Crippen LogP contribution is -2.07. The fraction of sp³-hybridized carbons (Fsp3) is 0.208. The average Bonchev–Trinajstić information content (AvgIpc) is 2.66. The number of aryl methyl sites for hydroxylation is 2. The number of carbonyl (C=O) groups excluding carboxylic acids is 1. The molecule has 0 amide bonds. The summed E-state index contributed by atoms with van der Waals surface area (Å²) in [5, 5.41) is 1.03. The summed E-state index contributed by atoms with van der Waals surface area (Å²) in [7, 11) is 0.118. The van der Waals surface area contributed by atoms with Crippen LogP contribution < -0.4 is 10.0 Å². The Hall–Kier alpha value is -2.44. The second kappa shape index (κ2) is 8.50. The van der Waals surface area contributed by atoms with Crippen LogP contribution in [0.4, 0.5) is 0 Å². The van der Waals surface area contributed by atoms with E-state index in [1.807, 2.05) is 68.4 Å². The lowest BCUT2D eigenvalue weighted by atomic mass is 9.95. The molecule has 138 valence electrons. The van der Waals surface area contributed by atoms with Crippen LogP contribution in [-0.4, -0.2) is 5.52 Å². The third kappa shape index (κ3) is 4.64. The second-order valence-corrected chi connectivity index (χ2v) is 8.17. The van der Waals surface area contributed by atoms with Crippen LogP contribution in [0, 0.1) is 27.7 Å². The van der Waals surface area contributed by atoms with Crippen molar-refractivity contribution in [2.24, 2.45) is 0 Å². The van der Waals surface area contributed by atoms with Gasteiger partial charge < -0.3 is 4.74 Å². The van der Waals surface area contributed by atoms with Crippen LogP contribution in [0.5, 0.6) is 5.75 Å². The van der Waals surface area contributed by atoms with Crippen LogP contribution in [0.3, 0.4) is 0 Å². The molecule has 0 aromatic heterocycles. The predicted octanol–water partition coefficient (Wildman–Crippen LogP) is 5.64. The van der Waals surface area contributed by atoms with Gasteiger partial charge in [0.2, 0.25) is 0 Å². The maximum Gasteiger partial charge on any atom is 0.186 e. The molecular weight excluding hydrogens is 351 g/mol. The summed E-state index contributed by atoms with van der Waals surface area (Å²) in [6.07, 6.45) is 0. The van der Waals surface area contributed by atoms with Gasteiger partial charge in [0, 0.05) is 5.56 Å². The molecule has 0 saturated heterocycles. The standard InChI is InChI=1S/C24H25O2P/c1-16-14-17(2)23(19(4)18(16)3)24(25)27-22-12-10-21(11-13-22)26-15-20-8-6-5-7-9-20/h5-14,27H,15H2,1-4H3. The molecule has 3 aromatic carbocycles. The van der Waals surface area contributed by atoms with Crippen LogP contribution in [0.25, 0.3) is 0 Å². The Morgan fingerprint density at radius 2 is 1.52 bits per heavy atom.